The lowest BCUT2D eigenvalue weighted by atomic mass is 10.1. The maximum Gasteiger partial charge on any atom is 0.126 e. The summed E-state index contributed by atoms with van der Waals surface area (Å²) in [4.78, 5) is 4.36. The smallest absolute Gasteiger partial charge is 0.126 e. The highest BCUT2D eigenvalue weighted by Gasteiger charge is 2.07. The monoisotopic (exact) mass is 268 g/mol. The van der Waals surface area contributed by atoms with Gasteiger partial charge < -0.3 is 5.32 Å². The van der Waals surface area contributed by atoms with Gasteiger partial charge in [-0.25, -0.2) is 13.8 Å². The van der Waals surface area contributed by atoms with E-state index in [4.69, 9.17) is 0 Å². The Morgan fingerprint density at radius 3 is 2.61 bits per heavy atom. The zero-order valence-corrected chi connectivity index (χ0v) is 10.9. The van der Waals surface area contributed by atoms with Gasteiger partial charge in [-0.1, -0.05) is 6.92 Å². The quantitative estimate of drug-likeness (QED) is 0.838. The Balaban J connectivity index is 2.13. The lowest BCUT2D eigenvalue weighted by Gasteiger charge is -1.99. The molecule has 0 aliphatic rings. The Kier molecular flexibility index (Phi) is 4.38. The van der Waals surface area contributed by atoms with E-state index in [2.05, 4.69) is 17.2 Å². The minimum Gasteiger partial charge on any atom is -0.310 e. The van der Waals surface area contributed by atoms with Gasteiger partial charge in [0.15, 0.2) is 0 Å². The number of halogens is 2. The molecule has 1 N–H and O–H groups in total. The molecule has 1 heterocycles. The fourth-order valence-electron chi connectivity index (χ4n) is 1.60. The third kappa shape index (κ3) is 3.34. The summed E-state index contributed by atoms with van der Waals surface area (Å²) in [6, 6.07) is 3.45. The first-order valence-corrected chi connectivity index (χ1v) is 6.68. The summed E-state index contributed by atoms with van der Waals surface area (Å²) in [5.74, 6) is -1.16. The topological polar surface area (TPSA) is 24.9 Å². The van der Waals surface area contributed by atoms with Gasteiger partial charge in [0.2, 0.25) is 0 Å². The molecule has 0 aliphatic carbocycles. The molecule has 0 atom stereocenters. The van der Waals surface area contributed by atoms with Crippen molar-refractivity contribution in [1.29, 1.82) is 0 Å². The lowest BCUT2D eigenvalue weighted by molar-refractivity contribution is 0.584. The van der Waals surface area contributed by atoms with Crippen molar-refractivity contribution in [2.45, 2.75) is 19.9 Å². The molecule has 96 valence electrons. The molecule has 5 heteroatoms. The molecule has 1 aromatic carbocycles. The van der Waals surface area contributed by atoms with Crippen molar-refractivity contribution in [2.24, 2.45) is 0 Å². The van der Waals surface area contributed by atoms with E-state index in [-0.39, 0.29) is 0 Å². The van der Waals surface area contributed by atoms with Gasteiger partial charge in [-0.2, -0.15) is 0 Å². The predicted octanol–water partition coefficient (Wildman–Crippen LogP) is 3.59. The normalized spacial score (nSPS) is 10.8. The lowest BCUT2D eigenvalue weighted by Crippen LogP contribution is -2.13. The second-order valence-electron chi connectivity index (χ2n) is 3.96. The molecule has 0 bridgehead atoms. The Hall–Kier alpha value is -1.33. The molecule has 1 aromatic heterocycles. The average molecular weight is 268 g/mol. The molecule has 18 heavy (non-hydrogen) atoms. The number of aromatic nitrogens is 1. The molecule has 0 radical (unpaired) electrons. The van der Waals surface area contributed by atoms with E-state index in [1.54, 1.807) is 0 Å². The zero-order chi connectivity index (χ0) is 13.0. The summed E-state index contributed by atoms with van der Waals surface area (Å²) in [6.07, 6.45) is 1.06. The standard InChI is InChI=1S/C13H14F2N2S/c1-2-3-16-7-13-17-12(8-18-13)9-4-10(14)6-11(15)5-9/h4-6,8,16H,2-3,7H2,1H3. The third-order valence-electron chi connectivity index (χ3n) is 2.41. The van der Waals surface area contributed by atoms with Crippen molar-refractivity contribution >= 4 is 11.3 Å². The average Bonchev–Trinajstić information content (AvgIpc) is 2.77. The van der Waals surface area contributed by atoms with E-state index < -0.39 is 11.6 Å². The molecule has 2 rings (SSSR count). The molecule has 0 spiro atoms. The Labute approximate surface area is 109 Å². The van der Waals surface area contributed by atoms with Crippen LogP contribution in [0, 0.1) is 11.6 Å². The van der Waals surface area contributed by atoms with Crippen LogP contribution in [0.15, 0.2) is 23.6 Å². The number of thiazole rings is 1. The highest BCUT2D eigenvalue weighted by Crippen LogP contribution is 2.23. The number of hydrogen-bond acceptors (Lipinski definition) is 3. The van der Waals surface area contributed by atoms with E-state index in [9.17, 15) is 8.78 Å². The van der Waals surface area contributed by atoms with Crippen molar-refractivity contribution in [1.82, 2.24) is 10.3 Å². The van der Waals surface area contributed by atoms with E-state index >= 15 is 0 Å². The van der Waals surface area contributed by atoms with Crippen LogP contribution in [0.25, 0.3) is 11.3 Å². The molecule has 0 amide bonds. The van der Waals surface area contributed by atoms with E-state index in [1.807, 2.05) is 5.38 Å². The molecule has 0 unspecified atom stereocenters. The summed E-state index contributed by atoms with van der Waals surface area (Å²) >= 11 is 1.49. The largest absolute Gasteiger partial charge is 0.310 e. The maximum atomic E-state index is 13.1. The van der Waals surface area contributed by atoms with Gasteiger partial charge in [0.05, 0.1) is 5.69 Å². The van der Waals surface area contributed by atoms with Crippen LogP contribution in [-0.4, -0.2) is 11.5 Å². The number of hydrogen-bond donors (Lipinski definition) is 1. The van der Waals surface area contributed by atoms with Crippen LogP contribution in [0.3, 0.4) is 0 Å². The number of rotatable bonds is 5. The summed E-state index contributed by atoms with van der Waals surface area (Å²) in [5.41, 5.74) is 1.09. The van der Waals surface area contributed by atoms with Gasteiger partial charge in [-0.3, -0.25) is 0 Å². The molecule has 0 saturated carbocycles. The van der Waals surface area contributed by atoms with Gasteiger partial charge in [-0.05, 0) is 25.1 Å². The summed E-state index contributed by atoms with van der Waals surface area (Å²) in [5, 5.41) is 5.97. The van der Waals surface area contributed by atoms with Crippen LogP contribution >= 0.6 is 11.3 Å². The Bertz CT molecular complexity index is 505. The highest BCUT2D eigenvalue weighted by atomic mass is 32.1. The van der Waals surface area contributed by atoms with Crippen molar-refractivity contribution in [3.8, 4) is 11.3 Å². The first-order valence-electron chi connectivity index (χ1n) is 5.80. The van der Waals surface area contributed by atoms with Crippen molar-refractivity contribution in [2.75, 3.05) is 6.54 Å². The van der Waals surface area contributed by atoms with Gasteiger partial charge in [-0.15, -0.1) is 11.3 Å². The van der Waals surface area contributed by atoms with Crippen LogP contribution < -0.4 is 5.32 Å². The molecular weight excluding hydrogens is 254 g/mol. The first kappa shape index (κ1) is 13.1. The van der Waals surface area contributed by atoms with E-state index in [0.717, 1.165) is 24.0 Å². The van der Waals surface area contributed by atoms with Gasteiger partial charge >= 0.3 is 0 Å². The fraction of sp³-hybridized carbons (Fsp3) is 0.308. The van der Waals surface area contributed by atoms with Crippen LogP contribution in [0.1, 0.15) is 18.4 Å². The minimum absolute atomic E-state index is 0.477. The van der Waals surface area contributed by atoms with Crippen molar-refractivity contribution in [3.05, 3.63) is 40.2 Å². The molecule has 0 saturated heterocycles. The van der Waals surface area contributed by atoms with E-state index in [1.165, 1.54) is 23.5 Å². The van der Waals surface area contributed by atoms with Gasteiger partial charge in [0.1, 0.15) is 16.6 Å². The fourth-order valence-corrected chi connectivity index (χ4v) is 2.37. The summed E-state index contributed by atoms with van der Waals surface area (Å²) < 4.78 is 26.2. The second-order valence-corrected chi connectivity index (χ2v) is 4.90. The Morgan fingerprint density at radius 2 is 1.94 bits per heavy atom. The van der Waals surface area contributed by atoms with Crippen molar-refractivity contribution in [3.63, 3.8) is 0 Å². The SMILES string of the molecule is CCCNCc1nc(-c2cc(F)cc(F)c2)cs1. The third-order valence-corrected chi connectivity index (χ3v) is 3.26. The van der Waals surface area contributed by atoms with Crippen LogP contribution in [-0.2, 0) is 6.54 Å². The Morgan fingerprint density at radius 1 is 1.22 bits per heavy atom. The maximum absolute atomic E-state index is 13.1. The number of nitrogens with zero attached hydrogens (tertiary/aromatic N) is 1. The molecule has 0 aliphatic heterocycles. The van der Waals surface area contributed by atoms with Crippen molar-refractivity contribution < 1.29 is 8.78 Å². The first-order chi connectivity index (χ1) is 8.69. The summed E-state index contributed by atoms with van der Waals surface area (Å²) in [6.45, 7) is 3.72. The van der Waals surface area contributed by atoms with Crippen LogP contribution in [0.2, 0.25) is 0 Å². The van der Waals surface area contributed by atoms with Crippen LogP contribution in [0.5, 0.6) is 0 Å². The molecule has 2 nitrogen and oxygen atoms in total. The summed E-state index contributed by atoms with van der Waals surface area (Å²) in [7, 11) is 0. The predicted molar refractivity (Wildman–Crippen MR) is 69.5 cm³/mol. The van der Waals surface area contributed by atoms with Crippen LogP contribution in [0.4, 0.5) is 8.78 Å². The molecular formula is C13H14F2N2S. The minimum atomic E-state index is -0.580. The number of nitrogens with one attached hydrogen (secondary N) is 1. The zero-order valence-electron chi connectivity index (χ0n) is 10.0. The number of benzene rings is 1. The highest BCUT2D eigenvalue weighted by molar-refractivity contribution is 7.09. The second kappa shape index (κ2) is 6.02. The van der Waals surface area contributed by atoms with Gasteiger partial charge in [0.25, 0.3) is 0 Å². The van der Waals surface area contributed by atoms with E-state index in [0.29, 0.717) is 17.8 Å². The molecule has 2 aromatic rings. The van der Waals surface area contributed by atoms with Gasteiger partial charge in [0, 0.05) is 23.6 Å². The molecule has 0 fully saturated rings.